The Labute approximate surface area is 134 Å². The Morgan fingerprint density at radius 1 is 1.48 bits per heavy atom. The lowest BCUT2D eigenvalue weighted by atomic mass is 10.1. The second-order valence-corrected chi connectivity index (χ2v) is 5.69. The maximum Gasteiger partial charge on any atom is 0.318 e. The zero-order valence-corrected chi connectivity index (χ0v) is 13.1. The van der Waals surface area contributed by atoms with Gasteiger partial charge in [-0.1, -0.05) is 18.2 Å². The molecular formula is C16H22FN3O3. The number of carbonyl (C=O) groups is 2. The van der Waals surface area contributed by atoms with Gasteiger partial charge in [0.05, 0.1) is 18.8 Å². The van der Waals surface area contributed by atoms with E-state index >= 15 is 0 Å². The Balaban J connectivity index is 1.87. The quantitative estimate of drug-likeness (QED) is 0.857. The zero-order valence-electron chi connectivity index (χ0n) is 13.1. The number of carbonyl (C=O) groups excluding carboxylic acids is 2. The van der Waals surface area contributed by atoms with Crippen LogP contribution in [-0.2, 0) is 16.1 Å². The van der Waals surface area contributed by atoms with Crippen LogP contribution < -0.4 is 11.1 Å². The van der Waals surface area contributed by atoms with Crippen LogP contribution in [0.15, 0.2) is 24.3 Å². The number of amides is 3. The number of likely N-dealkylation sites (tertiary alicyclic amines) is 1. The summed E-state index contributed by atoms with van der Waals surface area (Å²) in [7, 11) is 0. The Hall–Kier alpha value is -1.99. The summed E-state index contributed by atoms with van der Waals surface area (Å²) in [6, 6.07) is 5.18. The van der Waals surface area contributed by atoms with E-state index in [0.717, 1.165) is 19.4 Å². The second kappa shape index (κ2) is 8.03. The first-order chi connectivity index (χ1) is 11.0. The molecule has 1 aliphatic heterocycles. The monoisotopic (exact) mass is 323 g/mol. The fourth-order valence-corrected chi connectivity index (χ4v) is 2.67. The number of hydrogen-bond acceptors (Lipinski definition) is 4. The van der Waals surface area contributed by atoms with E-state index in [2.05, 4.69) is 5.32 Å². The lowest BCUT2D eigenvalue weighted by molar-refractivity contribution is -0.126. The number of ether oxygens (including phenoxy) is 1. The van der Waals surface area contributed by atoms with Gasteiger partial charge in [0.25, 0.3) is 0 Å². The van der Waals surface area contributed by atoms with Gasteiger partial charge in [-0.2, -0.15) is 0 Å². The number of piperidine rings is 1. The Kier molecular flexibility index (Phi) is 6.06. The van der Waals surface area contributed by atoms with Crippen molar-refractivity contribution in [1.29, 1.82) is 0 Å². The number of rotatable bonds is 5. The van der Waals surface area contributed by atoms with E-state index in [1.807, 2.05) is 4.90 Å². The lowest BCUT2D eigenvalue weighted by Crippen LogP contribution is -2.52. The van der Waals surface area contributed by atoms with Gasteiger partial charge in [-0.15, -0.1) is 0 Å². The molecular weight excluding hydrogens is 301 g/mol. The van der Waals surface area contributed by atoms with Crippen LogP contribution in [0, 0.1) is 5.82 Å². The third-order valence-corrected chi connectivity index (χ3v) is 4.02. The van der Waals surface area contributed by atoms with Gasteiger partial charge in [-0.3, -0.25) is 15.0 Å². The number of primary amides is 1. The number of urea groups is 1. The number of nitrogens with one attached hydrogen (secondary N) is 1. The molecule has 1 heterocycles. The number of hydrogen-bond donors (Lipinski definition) is 2. The summed E-state index contributed by atoms with van der Waals surface area (Å²) in [6.45, 7) is 3.22. The van der Waals surface area contributed by atoms with Crippen LogP contribution in [-0.4, -0.2) is 42.1 Å². The smallest absolute Gasteiger partial charge is 0.318 e. The van der Waals surface area contributed by atoms with Gasteiger partial charge < -0.3 is 10.5 Å². The maximum absolute atomic E-state index is 13.6. The van der Waals surface area contributed by atoms with Crippen molar-refractivity contribution >= 4 is 11.9 Å². The van der Waals surface area contributed by atoms with Crippen molar-refractivity contribution in [3.05, 3.63) is 35.6 Å². The number of benzene rings is 1. The fraction of sp³-hybridized carbons (Fsp3) is 0.500. The van der Waals surface area contributed by atoms with Gasteiger partial charge in [0, 0.05) is 12.1 Å². The van der Waals surface area contributed by atoms with Crippen LogP contribution in [0.4, 0.5) is 9.18 Å². The summed E-state index contributed by atoms with van der Waals surface area (Å²) in [5, 5.41) is 2.09. The van der Waals surface area contributed by atoms with E-state index in [-0.39, 0.29) is 18.5 Å². The first-order valence-electron chi connectivity index (χ1n) is 7.66. The normalized spacial score (nSPS) is 20.0. The van der Waals surface area contributed by atoms with Gasteiger partial charge in [-0.05, 0) is 32.4 Å². The minimum atomic E-state index is -0.855. The minimum Gasteiger partial charge on any atom is -0.372 e. The topological polar surface area (TPSA) is 84.7 Å². The Morgan fingerprint density at radius 2 is 2.22 bits per heavy atom. The third-order valence-electron chi connectivity index (χ3n) is 4.02. The molecule has 3 amide bonds. The van der Waals surface area contributed by atoms with Gasteiger partial charge >= 0.3 is 6.03 Å². The summed E-state index contributed by atoms with van der Waals surface area (Å²) < 4.78 is 19.4. The van der Waals surface area contributed by atoms with E-state index in [4.69, 9.17) is 10.5 Å². The highest BCUT2D eigenvalue weighted by Gasteiger charge is 2.28. The molecule has 0 unspecified atom stereocenters. The lowest BCUT2D eigenvalue weighted by Gasteiger charge is -2.35. The molecule has 1 fully saturated rings. The van der Waals surface area contributed by atoms with Gasteiger partial charge in [-0.25, -0.2) is 9.18 Å². The van der Waals surface area contributed by atoms with Crippen molar-refractivity contribution in [2.24, 2.45) is 5.73 Å². The molecule has 1 aromatic carbocycles. The number of nitrogens with two attached hydrogens (primary N) is 1. The molecule has 0 radical (unpaired) electrons. The molecule has 3 N–H and O–H groups in total. The molecule has 0 bridgehead atoms. The zero-order chi connectivity index (χ0) is 16.8. The molecule has 23 heavy (non-hydrogen) atoms. The molecule has 2 rings (SSSR count). The fourth-order valence-electron chi connectivity index (χ4n) is 2.67. The molecule has 6 nitrogen and oxygen atoms in total. The Morgan fingerprint density at radius 3 is 2.91 bits per heavy atom. The van der Waals surface area contributed by atoms with E-state index in [9.17, 15) is 14.0 Å². The van der Waals surface area contributed by atoms with Crippen molar-refractivity contribution in [2.45, 2.75) is 38.5 Å². The van der Waals surface area contributed by atoms with Crippen LogP contribution in [0.5, 0.6) is 0 Å². The molecule has 2 atom stereocenters. The van der Waals surface area contributed by atoms with Gasteiger partial charge in [0.1, 0.15) is 5.82 Å². The molecule has 0 aromatic heterocycles. The molecule has 1 aliphatic rings. The van der Waals surface area contributed by atoms with Crippen LogP contribution in [0.3, 0.4) is 0 Å². The average Bonchev–Trinajstić information content (AvgIpc) is 2.53. The minimum absolute atomic E-state index is 0.0767. The number of nitrogens with zero attached hydrogens (tertiary/aromatic N) is 1. The molecule has 0 aliphatic carbocycles. The van der Waals surface area contributed by atoms with Crippen LogP contribution in [0.25, 0.3) is 0 Å². The van der Waals surface area contributed by atoms with Crippen LogP contribution in [0.1, 0.15) is 25.3 Å². The van der Waals surface area contributed by atoms with Gasteiger partial charge in [0.15, 0.2) is 0 Å². The molecule has 0 spiro atoms. The van der Waals surface area contributed by atoms with Gasteiger partial charge in [0.2, 0.25) is 5.91 Å². The first-order valence-corrected chi connectivity index (χ1v) is 7.66. The van der Waals surface area contributed by atoms with Crippen molar-refractivity contribution in [2.75, 3.05) is 13.1 Å². The molecule has 126 valence electrons. The van der Waals surface area contributed by atoms with E-state index in [1.54, 1.807) is 25.1 Å². The van der Waals surface area contributed by atoms with Crippen molar-refractivity contribution in [3.63, 3.8) is 0 Å². The predicted octanol–water partition coefficient (Wildman–Crippen LogP) is 1.39. The summed E-state index contributed by atoms with van der Waals surface area (Å²) in [5.41, 5.74) is 5.48. The van der Waals surface area contributed by atoms with E-state index in [0.29, 0.717) is 12.1 Å². The second-order valence-electron chi connectivity index (χ2n) is 5.69. The van der Waals surface area contributed by atoms with Crippen molar-refractivity contribution in [3.8, 4) is 0 Å². The summed E-state index contributed by atoms with van der Waals surface area (Å²) in [6.07, 6.45) is 1.65. The average molecular weight is 323 g/mol. The van der Waals surface area contributed by atoms with Crippen LogP contribution >= 0.6 is 0 Å². The highest BCUT2D eigenvalue weighted by Crippen LogP contribution is 2.18. The summed E-state index contributed by atoms with van der Waals surface area (Å²) in [5.74, 6) is -0.707. The largest absolute Gasteiger partial charge is 0.372 e. The molecule has 0 saturated carbocycles. The molecule has 1 saturated heterocycles. The molecule has 7 heteroatoms. The summed E-state index contributed by atoms with van der Waals surface area (Å²) >= 11 is 0. The maximum atomic E-state index is 13.6. The Bertz CT molecular complexity index is 567. The number of imide groups is 1. The third kappa shape index (κ3) is 5.01. The van der Waals surface area contributed by atoms with E-state index < -0.39 is 18.0 Å². The van der Waals surface area contributed by atoms with Crippen molar-refractivity contribution in [1.82, 2.24) is 10.2 Å². The molecule has 1 aromatic rings. The summed E-state index contributed by atoms with van der Waals surface area (Å²) in [4.78, 5) is 24.5. The predicted molar refractivity (Wildman–Crippen MR) is 83.0 cm³/mol. The standard InChI is InChI=1S/C16H22FN3O3/c1-11(15(21)19-16(18)22)20-8-4-6-13(9-20)23-10-12-5-2-3-7-14(12)17/h2-3,5,7,11,13H,4,6,8-10H2,1H3,(H3,18,19,21,22)/t11-,13-/m0/s1. The van der Waals surface area contributed by atoms with E-state index in [1.165, 1.54) is 6.07 Å². The number of halogens is 1. The highest BCUT2D eigenvalue weighted by molar-refractivity contribution is 5.96. The van der Waals surface area contributed by atoms with Crippen molar-refractivity contribution < 1.29 is 18.7 Å². The first kappa shape index (κ1) is 17.4. The SMILES string of the molecule is C[C@@H](C(=O)NC(N)=O)N1CCC[C@H](OCc2ccccc2F)C1. The van der Waals surface area contributed by atoms with Crippen LogP contribution in [0.2, 0.25) is 0 Å². The highest BCUT2D eigenvalue weighted by atomic mass is 19.1.